The fourth-order valence-corrected chi connectivity index (χ4v) is 2.45. The molecule has 100 valence electrons. The highest BCUT2D eigenvalue weighted by Gasteiger charge is 2.13. The zero-order chi connectivity index (χ0) is 14.1. The van der Waals surface area contributed by atoms with Crippen LogP contribution in [0.1, 0.15) is 5.69 Å². The number of aromatic nitrogens is 1. The van der Waals surface area contributed by atoms with E-state index in [1.54, 1.807) is 12.1 Å². The number of rotatable bonds is 2. The minimum atomic E-state index is 0.216. The van der Waals surface area contributed by atoms with Gasteiger partial charge in [0.25, 0.3) is 0 Å². The Morgan fingerprint density at radius 1 is 1.05 bits per heavy atom. The lowest BCUT2D eigenvalue weighted by atomic mass is 10.1. The maximum Gasteiger partial charge on any atom is 0.231 e. The smallest absolute Gasteiger partial charge is 0.231 e. The van der Waals surface area contributed by atoms with Gasteiger partial charge < -0.3 is 10.4 Å². The van der Waals surface area contributed by atoms with E-state index in [1.807, 2.05) is 43.3 Å². The molecule has 0 saturated carbocycles. The van der Waals surface area contributed by atoms with Gasteiger partial charge >= 0.3 is 0 Å². The Kier molecular flexibility index (Phi) is 3.20. The number of hydrogen-bond acceptors (Lipinski definition) is 2. The summed E-state index contributed by atoms with van der Waals surface area (Å²) in [5.41, 5.74) is 3.44. The number of anilines is 2. The van der Waals surface area contributed by atoms with Gasteiger partial charge in [0.15, 0.2) is 5.69 Å². The summed E-state index contributed by atoms with van der Waals surface area (Å²) in [5.74, 6) is 0.216. The molecule has 0 aliphatic carbocycles. The third-order valence-electron chi connectivity index (χ3n) is 3.16. The molecule has 0 atom stereocenters. The van der Waals surface area contributed by atoms with Crippen LogP contribution < -0.4 is 10.3 Å². The van der Waals surface area contributed by atoms with Crippen LogP contribution in [-0.2, 0) is 0 Å². The first kappa shape index (κ1) is 12.8. The maximum absolute atomic E-state index is 9.87. The quantitative estimate of drug-likeness (QED) is 0.697. The van der Waals surface area contributed by atoms with Crippen molar-refractivity contribution in [1.82, 2.24) is 0 Å². The van der Waals surface area contributed by atoms with Crippen molar-refractivity contribution >= 4 is 33.9 Å². The van der Waals surface area contributed by atoms with Crippen LogP contribution in [0.25, 0.3) is 10.9 Å². The summed E-state index contributed by atoms with van der Waals surface area (Å²) in [7, 11) is 0. The molecule has 4 heteroatoms. The molecule has 3 nitrogen and oxygen atoms in total. The van der Waals surface area contributed by atoms with E-state index in [0.717, 1.165) is 22.3 Å². The van der Waals surface area contributed by atoms with E-state index in [2.05, 4.69) is 10.3 Å². The van der Waals surface area contributed by atoms with Crippen LogP contribution in [0.15, 0.2) is 48.5 Å². The van der Waals surface area contributed by atoms with Gasteiger partial charge in [-0.05, 0) is 24.3 Å². The zero-order valence-corrected chi connectivity index (χ0v) is 11.7. The Labute approximate surface area is 121 Å². The van der Waals surface area contributed by atoms with Crippen molar-refractivity contribution in [2.75, 3.05) is 5.32 Å². The standard InChI is InChI=1S/C16H13ClN2O/c1-10-9-14(19-13-7-2-3-8-15(13)20)11-5-4-6-12(17)16(11)18-10/h2-9,20H,1H3,(H,18,19)/p+1. The molecular formula is C16H14ClN2O+. The fraction of sp³-hybridized carbons (Fsp3) is 0.0625. The van der Waals surface area contributed by atoms with E-state index < -0.39 is 0 Å². The first-order valence-electron chi connectivity index (χ1n) is 6.31. The molecule has 2 aromatic carbocycles. The third-order valence-corrected chi connectivity index (χ3v) is 3.48. The molecule has 1 aromatic heterocycles. The fourth-order valence-electron chi connectivity index (χ4n) is 2.23. The molecule has 0 aliphatic heterocycles. The van der Waals surface area contributed by atoms with Gasteiger partial charge in [-0.3, -0.25) is 0 Å². The maximum atomic E-state index is 9.87. The van der Waals surface area contributed by atoms with Gasteiger partial charge in [0.2, 0.25) is 5.52 Å². The van der Waals surface area contributed by atoms with E-state index in [9.17, 15) is 5.11 Å². The SMILES string of the molecule is Cc1cc(Nc2ccccc2O)c2cccc(Cl)c2[nH+]1. The van der Waals surface area contributed by atoms with Crippen LogP contribution in [0.4, 0.5) is 11.4 Å². The van der Waals surface area contributed by atoms with Gasteiger partial charge in [0.05, 0.1) is 16.8 Å². The van der Waals surface area contributed by atoms with Gasteiger partial charge in [-0.1, -0.05) is 29.8 Å². The number of hydrogen-bond donors (Lipinski definition) is 2. The van der Waals surface area contributed by atoms with Crippen molar-refractivity contribution in [3.05, 3.63) is 59.2 Å². The Morgan fingerprint density at radius 3 is 2.65 bits per heavy atom. The molecule has 3 N–H and O–H groups in total. The Bertz CT molecular complexity index is 787. The number of para-hydroxylation sites is 3. The number of phenols is 1. The number of aromatic amines is 1. The highest BCUT2D eigenvalue weighted by atomic mass is 35.5. The number of halogens is 1. The van der Waals surface area contributed by atoms with Crippen molar-refractivity contribution < 1.29 is 10.1 Å². The van der Waals surface area contributed by atoms with Crippen LogP contribution in [0.5, 0.6) is 5.75 Å². The second-order valence-electron chi connectivity index (χ2n) is 4.67. The molecular weight excluding hydrogens is 272 g/mol. The largest absolute Gasteiger partial charge is 0.506 e. The second kappa shape index (κ2) is 5.02. The van der Waals surface area contributed by atoms with E-state index in [1.165, 1.54) is 0 Å². The van der Waals surface area contributed by atoms with Crippen LogP contribution in [0, 0.1) is 6.92 Å². The molecule has 3 rings (SSSR count). The summed E-state index contributed by atoms with van der Waals surface area (Å²) in [6.45, 7) is 1.97. The average Bonchev–Trinajstić information content (AvgIpc) is 2.42. The Morgan fingerprint density at radius 2 is 1.85 bits per heavy atom. The summed E-state index contributed by atoms with van der Waals surface area (Å²) < 4.78 is 0. The van der Waals surface area contributed by atoms with Crippen LogP contribution in [0.2, 0.25) is 5.02 Å². The number of aryl methyl sites for hydroxylation is 1. The van der Waals surface area contributed by atoms with Crippen molar-refractivity contribution in [2.45, 2.75) is 6.92 Å². The number of pyridine rings is 1. The van der Waals surface area contributed by atoms with Crippen molar-refractivity contribution in [3.8, 4) is 5.75 Å². The summed E-state index contributed by atoms with van der Waals surface area (Å²) >= 11 is 6.23. The van der Waals surface area contributed by atoms with Crippen LogP contribution >= 0.6 is 11.6 Å². The Hall–Kier alpha value is -2.26. The number of nitrogens with one attached hydrogen (secondary N) is 2. The minimum absolute atomic E-state index is 0.216. The van der Waals surface area contributed by atoms with Crippen molar-refractivity contribution in [2.24, 2.45) is 0 Å². The molecule has 3 aromatic rings. The van der Waals surface area contributed by atoms with Gasteiger partial charge in [0.1, 0.15) is 10.8 Å². The third kappa shape index (κ3) is 2.28. The van der Waals surface area contributed by atoms with Crippen molar-refractivity contribution in [1.29, 1.82) is 0 Å². The second-order valence-corrected chi connectivity index (χ2v) is 5.08. The first-order valence-corrected chi connectivity index (χ1v) is 6.69. The van der Waals surface area contributed by atoms with Gasteiger partial charge in [0, 0.05) is 13.0 Å². The molecule has 1 heterocycles. The summed E-state index contributed by atoms with van der Waals surface area (Å²) in [6, 6.07) is 14.9. The minimum Gasteiger partial charge on any atom is -0.506 e. The number of benzene rings is 2. The van der Waals surface area contributed by atoms with E-state index in [0.29, 0.717) is 10.7 Å². The topological polar surface area (TPSA) is 46.4 Å². The van der Waals surface area contributed by atoms with Crippen LogP contribution in [0.3, 0.4) is 0 Å². The van der Waals surface area contributed by atoms with Gasteiger partial charge in [-0.15, -0.1) is 0 Å². The highest BCUT2D eigenvalue weighted by Crippen LogP contribution is 2.31. The molecule has 0 saturated heterocycles. The summed E-state index contributed by atoms with van der Waals surface area (Å²) in [4.78, 5) is 3.26. The summed E-state index contributed by atoms with van der Waals surface area (Å²) in [6.07, 6.45) is 0. The number of fused-ring (bicyclic) bond motifs is 1. The lowest BCUT2D eigenvalue weighted by molar-refractivity contribution is -0.354. The predicted molar refractivity (Wildman–Crippen MR) is 81.6 cm³/mol. The zero-order valence-electron chi connectivity index (χ0n) is 10.9. The van der Waals surface area contributed by atoms with E-state index >= 15 is 0 Å². The summed E-state index contributed by atoms with van der Waals surface area (Å²) in [5, 5.41) is 14.8. The van der Waals surface area contributed by atoms with Crippen LogP contribution in [-0.4, -0.2) is 5.11 Å². The Balaban J connectivity index is 2.17. The average molecular weight is 286 g/mol. The molecule has 0 radical (unpaired) electrons. The molecule has 0 fully saturated rings. The predicted octanol–water partition coefficient (Wildman–Crippen LogP) is 4.06. The first-order chi connectivity index (χ1) is 9.65. The van der Waals surface area contributed by atoms with Crippen molar-refractivity contribution in [3.63, 3.8) is 0 Å². The molecule has 20 heavy (non-hydrogen) atoms. The van der Waals surface area contributed by atoms with Gasteiger partial charge in [-0.25, -0.2) is 4.98 Å². The van der Waals surface area contributed by atoms with E-state index in [-0.39, 0.29) is 5.75 Å². The molecule has 0 unspecified atom stereocenters. The molecule has 0 bridgehead atoms. The molecule has 0 aliphatic rings. The van der Waals surface area contributed by atoms with Gasteiger partial charge in [-0.2, -0.15) is 0 Å². The molecule has 0 amide bonds. The molecule has 0 spiro atoms. The lowest BCUT2D eigenvalue weighted by Gasteiger charge is -2.10. The number of phenolic OH excluding ortho intramolecular Hbond substituents is 1. The number of aromatic hydroxyl groups is 1. The highest BCUT2D eigenvalue weighted by molar-refractivity contribution is 6.35. The number of H-pyrrole nitrogens is 1. The monoisotopic (exact) mass is 285 g/mol. The van der Waals surface area contributed by atoms with E-state index in [4.69, 9.17) is 11.6 Å². The lowest BCUT2D eigenvalue weighted by Crippen LogP contribution is -2.10. The normalized spacial score (nSPS) is 10.7.